The van der Waals surface area contributed by atoms with E-state index in [0.717, 1.165) is 11.3 Å². The van der Waals surface area contributed by atoms with E-state index in [1.165, 1.54) is 5.56 Å². The van der Waals surface area contributed by atoms with Crippen LogP contribution in [0.25, 0.3) is 0 Å². The van der Waals surface area contributed by atoms with Gasteiger partial charge in [0.15, 0.2) is 0 Å². The van der Waals surface area contributed by atoms with E-state index in [4.69, 9.17) is 4.74 Å². The number of nitrogens with zero attached hydrogens (tertiary/aromatic N) is 1. The van der Waals surface area contributed by atoms with Gasteiger partial charge in [0.05, 0.1) is 11.4 Å². The van der Waals surface area contributed by atoms with Crippen molar-refractivity contribution >= 4 is 10.0 Å². The molecule has 0 aliphatic carbocycles. The topological polar surface area (TPSA) is 84.1 Å². The molecule has 0 bridgehead atoms. The number of ether oxygens (including phenoxy) is 1. The summed E-state index contributed by atoms with van der Waals surface area (Å²) in [6.45, 7) is 7.83. The Labute approximate surface area is 130 Å². The van der Waals surface area contributed by atoms with Gasteiger partial charge in [-0.15, -0.1) is 0 Å². The lowest BCUT2D eigenvalue weighted by Crippen LogP contribution is -2.29. The Hall–Kier alpha value is -1.86. The first kappa shape index (κ1) is 16.5. The summed E-state index contributed by atoms with van der Waals surface area (Å²) >= 11 is 0. The molecule has 0 saturated heterocycles. The standard InChI is InChI=1S/C15H21N3O3S/c1-10-5-6-14(9-11(10)2)21-8-7-16-22(19,20)15-12(3)17-18-13(15)4/h5-6,9,16H,7-8H2,1-4H3,(H,17,18). The van der Waals surface area contributed by atoms with Crippen molar-refractivity contribution in [2.45, 2.75) is 32.6 Å². The van der Waals surface area contributed by atoms with Gasteiger partial charge in [0.1, 0.15) is 17.3 Å². The number of hydrogen-bond acceptors (Lipinski definition) is 4. The Morgan fingerprint density at radius 3 is 2.50 bits per heavy atom. The summed E-state index contributed by atoms with van der Waals surface area (Å²) in [6, 6.07) is 5.79. The quantitative estimate of drug-likeness (QED) is 0.796. The molecule has 0 amide bonds. The van der Waals surface area contributed by atoms with E-state index in [-0.39, 0.29) is 18.0 Å². The molecule has 0 saturated carbocycles. The fourth-order valence-corrected chi connectivity index (χ4v) is 3.54. The maximum Gasteiger partial charge on any atom is 0.244 e. The molecule has 1 heterocycles. The molecular formula is C15H21N3O3S. The highest BCUT2D eigenvalue weighted by Gasteiger charge is 2.21. The first-order chi connectivity index (χ1) is 10.3. The largest absolute Gasteiger partial charge is 0.492 e. The lowest BCUT2D eigenvalue weighted by atomic mass is 10.1. The highest BCUT2D eigenvalue weighted by molar-refractivity contribution is 7.89. The first-order valence-corrected chi connectivity index (χ1v) is 8.51. The zero-order chi connectivity index (χ0) is 16.3. The summed E-state index contributed by atoms with van der Waals surface area (Å²) in [4.78, 5) is 0.207. The maximum atomic E-state index is 12.2. The second kappa shape index (κ2) is 6.50. The summed E-state index contributed by atoms with van der Waals surface area (Å²) in [5, 5.41) is 6.57. The Morgan fingerprint density at radius 2 is 1.91 bits per heavy atom. The summed E-state index contributed by atoms with van der Waals surface area (Å²) in [7, 11) is -3.57. The van der Waals surface area contributed by atoms with Gasteiger partial charge in [-0.1, -0.05) is 6.07 Å². The van der Waals surface area contributed by atoms with E-state index >= 15 is 0 Å². The maximum absolute atomic E-state index is 12.2. The minimum absolute atomic E-state index is 0.194. The summed E-state index contributed by atoms with van der Waals surface area (Å²) in [6.07, 6.45) is 0. The van der Waals surface area contributed by atoms with Crippen LogP contribution in [-0.4, -0.2) is 31.8 Å². The van der Waals surface area contributed by atoms with Crippen LogP contribution in [0.1, 0.15) is 22.5 Å². The van der Waals surface area contributed by atoms with Gasteiger partial charge in [0.25, 0.3) is 0 Å². The molecule has 22 heavy (non-hydrogen) atoms. The number of aryl methyl sites for hydroxylation is 4. The van der Waals surface area contributed by atoms with E-state index in [9.17, 15) is 8.42 Å². The van der Waals surface area contributed by atoms with Crippen molar-refractivity contribution in [3.8, 4) is 5.75 Å². The molecule has 2 aromatic rings. The average molecular weight is 323 g/mol. The van der Waals surface area contributed by atoms with Crippen LogP contribution in [0.5, 0.6) is 5.75 Å². The molecule has 0 aliphatic rings. The Morgan fingerprint density at radius 1 is 1.18 bits per heavy atom. The normalized spacial score (nSPS) is 11.6. The van der Waals surface area contributed by atoms with Gasteiger partial charge in [-0.25, -0.2) is 13.1 Å². The van der Waals surface area contributed by atoms with Crippen molar-refractivity contribution in [3.63, 3.8) is 0 Å². The van der Waals surface area contributed by atoms with Crippen LogP contribution in [0.15, 0.2) is 23.1 Å². The average Bonchev–Trinajstić information content (AvgIpc) is 2.79. The van der Waals surface area contributed by atoms with Crippen molar-refractivity contribution < 1.29 is 13.2 Å². The van der Waals surface area contributed by atoms with E-state index in [2.05, 4.69) is 14.9 Å². The van der Waals surface area contributed by atoms with Gasteiger partial charge in [-0.3, -0.25) is 5.10 Å². The lowest BCUT2D eigenvalue weighted by molar-refractivity contribution is 0.322. The second-order valence-electron chi connectivity index (χ2n) is 5.26. The minimum atomic E-state index is -3.57. The summed E-state index contributed by atoms with van der Waals surface area (Å²) < 4.78 is 32.5. The van der Waals surface area contributed by atoms with Crippen LogP contribution in [0.4, 0.5) is 0 Å². The Balaban J connectivity index is 1.92. The number of aromatic amines is 1. The molecule has 6 nitrogen and oxygen atoms in total. The van der Waals surface area contributed by atoms with Crippen LogP contribution in [-0.2, 0) is 10.0 Å². The van der Waals surface area contributed by atoms with E-state index in [1.807, 2.05) is 32.0 Å². The number of sulfonamides is 1. The number of benzene rings is 1. The molecule has 1 aromatic carbocycles. The van der Waals surface area contributed by atoms with Gasteiger partial charge in [0.2, 0.25) is 10.0 Å². The third kappa shape index (κ3) is 3.66. The van der Waals surface area contributed by atoms with E-state index in [0.29, 0.717) is 11.4 Å². The molecule has 120 valence electrons. The van der Waals surface area contributed by atoms with E-state index in [1.54, 1.807) is 13.8 Å². The molecule has 1 aromatic heterocycles. The molecule has 0 radical (unpaired) electrons. The molecule has 7 heteroatoms. The number of hydrogen-bond donors (Lipinski definition) is 2. The van der Waals surface area contributed by atoms with Crippen molar-refractivity contribution in [3.05, 3.63) is 40.7 Å². The van der Waals surface area contributed by atoms with Crippen LogP contribution in [0.2, 0.25) is 0 Å². The first-order valence-electron chi connectivity index (χ1n) is 7.02. The minimum Gasteiger partial charge on any atom is -0.492 e. The van der Waals surface area contributed by atoms with Crippen LogP contribution >= 0.6 is 0 Å². The van der Waals surface area contributed by atoms with Crippen molar-refractivity contribution in [2.75, 3.05) is 13.2 Å². The zero-order valence-corrected chi connectivity index (χ0v) is 14.0. The van der Waals surface area contributed by atoms with Gasteiger partial charge in [-0.05, 0) is 51.0 Å². The second-order valence-corrected chi connectivity index (χ2v) is 6.96. The number of rotatable bonds is 6. The lowest BCUT2D eigenvalue weighted by Gasteiger charge is -2.10. The molecule has 2 N–H and O–H groups in total. The zero-order valence-electron chi connectivity index (χ0n) is 13.2. The Kier molecular flexibility index (Phi) is 4.87. The smallest absolute Gasteiger partial charge is 0.244 e. The highest BCUT2D eigenvalue weighted by atomic mass is 32.2. The summed E-state index contributed by atoms with van der Waals surface area (Å²) in [5.41, 5.74) is 3.32. The third-order valence-electron chi connectivity index (χ3n) is 3.47. The molecular weight excluding hydrogens is 302 g/mol. The predicted molar refractivity (Wildman–Crippen MR) is 84.7 cm³/mol. The number of aromatic nitrogens is 2. The molecule has 0 spiro atoms. The van der Waals surface area contributed by atoms with Crippen LogP contribution in [0, 0.1) is 27.7 Å². The Bertz CT molecular complexity index is 747. The van der Waals surface area contributed by atoms with Crippen molar-refractivity contribution in [1.29, 1.82) is 0 Å². The molecule has 0 aliphatic heterocycles. The van der Waals surface area contributed by atoms with Gasteiger partial charge >= 0.3 is 0 Å². The molecule has 0 fully saturated rings. The van der Waals surface area contributed by atoms with Crippen LogP contribution in [0.3, 0.4) is 0 Å². The molecule has 0 atom stereocenters. The number of nitrogens with one attached hydrogen (secondary N) is 2. The SMILES string of the molecule is Cc1ccc(OCCNS(=O)(=O)c2c(C)n[nH]c2C)cc1C. The van der Waals surface area contributed by atoms with Crippen LogP contribution < -0.4 is 9.46 Å². The molecule has 0 unspecified atom stereocenters. The van der Waals surface area contributed by atoms with Gasteiger partial charge in [0, 0.05) is 6.54 Å². The highest BCUT2D eigenvalue weighted by Crippen LogP contribution is 2.17. The fraction of sp³-hybridized carbons (Fsp3) is 0.400. The fourth-order valence-electron chi connectivity index (χ4n) is 2.16. The van der Waals surface area contributed by atoms with E-state index < -0.39 is 10.0 Å². The van der Waals surface area contributed by atoms with Crippen molar-refractivity contribution in [2.24, 2.45) is 0 Å². The number of H-pyrrole nitrogens is 1. The summed E-state index contributed by atoms with van der Waals surface area (Å²) in [5.74, 6) is 0.734. The van der Waals surface area contributed by atoms with Gasteiger partial charge in [-0.2, -0.15) is 5.10 Å². The van der Waals surface area contributed by atoms with Gasteiger partial charge < -0.3 is 4.74 Å². The van der Waals surface area contributed by atoms with Crippen molar-refractivity contribution in [1.82, 2.24) is 14.9 Å². The molecule has 2 rings (SSSR count). The predicted octanol–water partition coefficient (Wildman–Crippen LogP) is 2.00. The third-order valence-corrected chi connectivity index (χ3v) is 5.19. The monoisotopic (exact) mass is 323 g/mol.